The van der Waals surface area contributed by atoms with E-state index >= 15 is 0 Å². The van der Waals surface area contributed by atoms with E-state index in [2.05, 4.69) is 26.2 Å². The molecule has 1 aromatic heterocycles. The summed E-state index contributed by atoms with van der Waals surface area (Å²) in [5.41, 5.74) is 6.72. The van der Waals surface area contributed by atoms with Crippen LogP contribution in [-0.2, 0) is 37.0 Å². The number of amides is 2. The number of hydrogen-bond acceptors (Lipinski definition) is 10. The van der Waals surface area contributed by atoms with Crippen LogP contribution in [0.1, 0.15) is 62.5 Å². The van der Waals surface area contributed by atoms with E-state index in [1.807, 2.05) is 67.6 Å². The summed E-state index contributed by atoms with van der Waals surface area (Å²) < 4.78 is 17.9. The lowest BCUT2D eigenvalue weighted by atomic mass is 10.0. The van der Waals surface area contributed by atoms with E-state index in [1.54, 1.807) is 13.8 Å². The molecule has 0 bridgehead atoms. The van der Waals surface area contributed by atoms with Crippen LogP contribution in [0.3, 0.4) is 0 Å². The maximum atomic E-state index is 12.6. The first-order valence-corrected chi connectivity index (χ1v) is 14.2. The highest BCUT2D eigenvalue weighted by Crippen LogP contribution is 2.16. The summed E-state index contributed by atoms with van der Waals surface area (Å²) in [6.45, 7) is 6.21. The van der Waals surface area contributed by atoms with E-state index in [0.717, 1.165) is 11.1 Å². The molecule has 0 aliphatic carbocycles. The molecule has 0 saturated heterocycles. The molecular weight excluding hydrogens is 590 g/mol. The number of halogens is 1. The van der Waals surface area contributed by atoms with Crippen molar-refractivity contribution in [1.82, 2.24) is 30.8 Å². The fourth-order valence-corrected chi connectivity index (χ4v) is 3.88. The van der Waals surface area contributed by atoms with Gasteiger partial charge in [-0.15, -0.1) is 17.5 Å². The van der Waals surface area contributed by atoms with Gasteiger partial charge in [0.25, 0.3) is 0 Å². The highest BCUT2D eigenvalue weighted by atomic mass is 35.5. The fraction of sp³-hybridized carbons (Fsp3) is 0.467. The molecule has 1 heterocycles. The van der Waals surface area contributed by atoms with Gasteiger partial charge in [-0.3, -0.25) is 9.59 Å². The minimum absolute atomic E-state index is 0. The topological polar surface area (TPSA) is 173 Å². The lowest BCUT2D eigenvalue weighted by molar-refractivity contribution is -0.145. The van der Waals surface area contributed by atoms with Gasteiger partial charge >= 0.3 is 12.1 Å². The summed E-state index contributed by atoms with van der Waals surface area (Å²) in [5, 5.41) is 17.3. The number of nitrogens with one attached hydrogen (secondary N) is 2. The van der Waals surface area contributed by atoms with Gasteiger partial charge in [-0.2, -0.15) is 0 Å². The molecule has 0 aliphatic heterocycles. The van der Waals surface area contributed by atoms with Crippen molar-refractivity contribution in [2.45, 2.75) is 64.3 Å². The van der Waals surface area contributed by atoms with Crippen LogP contribution in [-0.4, -0.2) is 70.1 Å². The number of rotatable bonds is 17. The smallest absolute Gasteiger partial charge is 0.407 e. The normalized spacial score (nSPS) is 12.4. The largest absolute Gasteiger partial charge is 0.465 e. The van der Waals surface area contributed by atoms with Gasteiger partial charge in [0.1, 0.15) is 12.6 Å². The van der Waals surface area contributed by atoms with Crippen molar-refractivity contribution in [3.8, 4) is 0 Å². The van der Waals surface area contributed by atoms with Crippen LogP contribution in [0, 0.1) is 0 Å². The minimum Gasteiger partial charge on any atom is -0.465 e. The van der Waals surface area contributed by atoms with Crippen molar-refractivity contribution in [2.24, 2.45) is 5.73 Å². The predicted octanol–water partition coefficient (Wildman–Crippen LogP) is 3.06. The van der Waals surface area contributed by atoms with Crippen molar-refractivity contribution in [2.75, 3.05) is 26.4 Å². The van der Waals surface area contributed by atoms with Crippen molar-refractivity contribution < 1.29 is 28.6 Å². The van der Waals surface area contributed by atoms with E-state index in [9.17, 15) is 14.4 Å². The van der Waals surface area contributed by atoms with E-state index in [1.165, 1.54) is 4.68 Å². The van der Waals surface area contributed by atoms with Gasteiger partial charge < -0.3 is 30.6 Å². The van der Waals surface area contributed by atoms with Gasteiger partial charge in [0.15, 0.2) is 5.82 Å². The molecule has 44 heavy (non-hydrogen) atoms. The Morgan fingerprint density at radius 2 is 1.66 bits per heavy atom. The summed E-state index contributed by atoms with van der Waals surface area (Å²) >= 11 is 0. The van der Waals surface area contributed by atoms with Crippen LogP contribution in [0.25, 0.3) is 0 Å². The number of nitrogens with two attached hydrogens (primary N) is 1. The average molecular weight is 632 g/mol. The molecule has 2 aromatic carbocycles. The molecule has 0 aliphatic rings. The number of carbonyl (C=O) groups excluding carboxylic acids is 3. The van der Waals surface area contributed by atoms with Crippen LogP contribution in [0.15, 0.2) is 60.7 Å². The number of aromatic nitrogens is 4. The zero-order chi connectivity index (χ0) is 31.1. The molecule has 240 valence electrons. The highest BCUT2D eigenvalue weighted by Gasteiger charge is 2.28. The lowest BCUT2D eigenvalue weighted by Crippen LogP contribution is -2.51. The second kappa shape index (κ2) is 18.6. The van der Waals surface area contributed by atoms with E-state index < -0.39 is 23.6 Å². The number of nitrogens with zero attached hydrogens (tertiary/aromatic N) is 4. The average Bonchev–Trinajstić information content (AvgIpc) is 3.46. The Morgan fingerprint density at radius 3 is 2.34 bits per heavy atom. The first-order valence-electron chi connectivity index (χ1n) is 14.2. The molecule has 3 rings (SSSR count). The highest BCUT2D eigenvalue weighted by molar-refractivity contribution is 5.85. The molecule has 0 spiro atoms. The summed E-state index contributed by atoms with van der Waals surface area (Å²) in [6, 6.07) is 18.4. The molecule has 0 saturated carbocycles. The molecule has 14 heteroatoms. The number of carbonyl (C=O) groups is 3. The summed E-state index contributed by atoms with van der Waals surface area (Å²) in [6.07, 6.45) is 0.618. The summed E-state index contributed by atoms with van der Waals surface area (Å²) in [7, 11) is 0. The van der Waals surface area contributed by atoms with Crippen molar-refractivity contribution >= 4 is 30.4 Å². The van der Waals surface area contributed by atoms with E-state index in [4.69, 9.17) is 19.9 Å². The first-order chi connectivity index (χ1) is 20.6. The van der Waals surface area contributed by atoms with Crippen molar-refractivity contribution in [3.63, 3.8) is 0 Å². The maximum Gasteiger partial charge on any atom is 0.407 e. The molecule has 13 nitrogen and oxygen atoms in total. The number of hydrogen-bond donors (Lipinski definition) is 3. The molecule has 2 amide bonds. The van der Waals surface area contributed by atoms with Gasteiger partial charge in [0.2, 0.25) is 5.91 Å². The first kappa shape index (κ1) is 36.1. The quantitative estimate of drug-likeness (QED) is 0.148. The second-order valence-electron chi connectivity index (χ2n) is 10.6. The van der Waals surface area contributed by atoms with Crippen LogP contribution < -0.4 is 16.4 Å². The Labute approximate surface area is 263 Å². The van der Waals surface area contributed by atoms with Crippen LogP contribution in [0.5, 0.6) is 0 Å². The molecular formula is C30H42ClN7O6. The Hall–Kier alpha value is -4.07. The standard InChI is InChI=1S/C30H41N7O6.ClH/c1-22(24-14-8-5-9-15-24)27(38)42-18-11-10-16-32-29(40)43-19-17-37-26(34-35-36-37)25(33-28(39)30(2,3)31)21-41-20-23-12-6-4-7-13-23;/h4-9,12-15,22,25H,10-11,16-21,31H2,1-3H3,(H,32,40)(H,33,39);1H/t22?,25-;/m1./s1. The van der Waals surface area contributed by atoms with E-state index in [0.29, 0.717) is 31.8 Å². The number of alkyl carbamates (subject to hydrolysis) is 1. The third kappa shape index (κ3) is 12.3. The molecule has 2 atom stereocenters. The van der Waals surface area contributed by atoms with Crippen molar-refractivity contribution in [3.05, 3.63) is 77.6 Å². The molecule has 0 radical (unpaired) electrons. The third-order valence-corrected chi connectivity index (χ3v) is 6.43. The molecule has 0 fully saturated rings. The van der Waals surface area contributed by atoms with Gasteiger partial charge in [0.05, 0.1) is 37.8 Å². The Morgan fingerprint density at radius 1 is 0.977 bits per heavy atom. The number of tetrazole rings is 1. The third-order valence-electron chi connectivity index (χ3n) is 6.43. The zero-order valence-corrected chi connectivity index (χ0v) is 26.1. The van der Waals surface area contributed by atoms with Gasteiger partial charge in [0, 0.05) is 6.54 Å². The number of benzene rings is 2. The Kier molecular flexibility index (Phi) is 15.2. The van der Waals surface area contributed by atoms with E-state index in [-0.39, 0.29) is 50.7 Å². The van der Waals surface area contributed by atoms with Gasteiger partial charge in [-0.05, 0) is 55.2 Å². The monoisotopic (exact) mass is 631 g/mol. The van der Waals surface area contributed by atoms with Crippen LogP contribution in [0.4, 0.5) is 4.79 Å². The predicted molar refractivity (Wildman–Crippen MR) is 165 cm³/mol. The number of unbranched alkanes of at least 4 members (excludes halogenated alkanes) is 1. The summed E-state index contributed by atoms with van der Waals surface area (Å²) in [4.78, 5) is 37.0. The van der Waals surface area contributed by atoms with Crippen LogP contribution >= 0.6 is 12.4 Å². The number of ether oxygens (including phenoxy) is 3. The van der Waals surface area contributed by atoms with Crippen molar-refractivity contribution in [1.29, 1.82) is 0 Å². The minimum atomic E-state index is -1.13. The zero-order valence-electron chi connectivity index (χ0n) is 25.3. The second-order valence-corrected chi connectivity index (χ2v) is 10.6. The Balaban J connectivity index is 0.00000675. The maximum absolute atomic E-state index is 12.6. The number of esters is 1. The lowest BCUT2D eigenvalue weighted by Gasteiger charge is -2.23. The summed E-state index contributed by atoms with van der Waals surface area (Å²) in [5.74, 6) is -0.676. The molecule has 4 N–H and O–H groups in total. The molecule has 3 aromatic rings. The van der Waals surface area contributed by atoms with Crippen LogP contribution in [0.2, 0.25) is 0 Å². The molecule has 1 unspecified atom stereocenters. The van der Waals surface area contributed by atoms with Gasteiger partial charge in [-0.25, -0.2) is 9.48 Å². The van der Waals surface area contributed by atoms with Gasteiger partial charge in [-0.1, -0.05) is 60.7 Å². The Bertz CT molecular complexity index is 1290. The SMILES string of the molecule is CC(C(=O)OCCCCNC(=O)OCCn1nnnc1[C@@H](COCc1ccccc1)NC(=O)C(C)(C)N)c1ccccc1.Cl. The fourth-order valence-electron chi connectivity index (χ4n) is 3.88.